The molecular formula is C16H18FN3O. The van der Waals surface area contributed by atoms with Gasteiger partial charge >= 0.3 is 0 Å². The summed E-state index contributed by atoms with van der Waals surface area (Å²) in [5.74, 6) is -0.382. The van der Waals surface area contributed by atoms with E-state index in [2.05, 4.69) is 5.10 Å². The van der Waals surface area contributed by atoms with Gasteiger partial charge in [0.2, 0.25) is 5.91 Å². The molecule has 0 aliphatic rings. The number of rotatable bonds is 4. The summed E-state index contributed by atoms with van der Waals surface area (Å²) in [4.78, 5) is 13.8. The van der Waals surface area contributed by atoms with E-state index in [1.165, 1.54) is 12.1 Å². The van der Waals surface area contributed by atoms with Gasteiger partial charge < -0.3 is 4.90 Å². The molecule has 1 amide bonds. The minimum Gasteiger partial charge on any atom is -0.338 e. The number of hydrogen-bond acceptors (Lipinski definition) is 2. The molecule has 0 bridgehead atoms. The van der Waals surface area contributed by atoms with E-state index in [0.29, 0.717) is 6.54 Å². The molecule has 1 heterocycles. The number of allylic oxidation sites excluding steroid dienone is 1. The minimum atomic E-state index is -0.286. The molecule has 1 aromatic carbocycles. The Kier molecular flexibility index (Phi) is 4.52. The lowest BCUT2D eigenvalue weighted by Crippen LogP contribution is -2.24. The zero-order chi connectivity index (χ0) is 15.4. The maximum atomic E-state index is 12.9. The number of amides is 1. The summed E-state index contributed by atoms with van der Waals surface area (Å²) in [7, 11) is 3.58. The molecule has 0 atom stereocenters. The summed E-state index contributed by atoms with van der Waals surface area (Å²) in [6, 6.07) is 6.10. The van der Waals surface area contributed by atoms with Gasteiger partial charge in [0.15, 0.2) is 0 Å². The predicted octanol–water partition coefficient (Wildman–Crippen LogP) is 2.62. The molecule has 21 heavy (non-hydrogen) atoms. The lowest BCUT2D eigenvalue weighted by atomic mass is 10.1. The van der Waals surface area contributed by atoms with E-state index in [4.69, 9.17) is 0 Å². The number of carbonyl (C=O) groups is 1. The van der Waals surface area contributed by atoms with Crippen LogP contribution >= 0.6 is 0 Å². The third-order valence-electron chi connectivity index (χ3n) is 3.19. The van der Waals surface area contributed by atoms with Crippen LogP contribution in [0, 0.1) is 5.82 Å². The van der Waals surface area contributed by atoms with E-state index in [1.54, 1.807) is 41.0 Å². The van der Waals surface area contributed by atoms with Crippen LogP contribution in [0.15, 0.2) is 42.7 Å². The van der Waals surface area contributed by atoms with Crippen molar-refractivity contribution in [3.63, 3.8) is 0 Å². The highest BCUT2D eigenvalue weighted by Gasteiger charge is 2.09. The highest BCUT2D eigenvalue weighted by atomic mass is 19.1. The monoisotopic (exact) mass is 287 g/mol. The van der Waals surface area contributed by atoms with Crippen molar-refractivity contribution in [1.29, 1.82) is 0 Å². The summed E-state index contributed by atoms with van der Waals surface area (Å²) in [6.07, 6.45) is 5.17. The van der Waals surface area contributed by atoms with Crippen LogP contribution in [0.3, 0.4) is 0 Å². The molecule has 0 spiro atoms. The molecule has 2 aromatic rings. The first-order valence-electron chi connectivity index (χ1n) is 6.62. The average molecular weight is 287 g/mol. The number of aryl methyl sites for hydroxylation is 1. The first kappa shape index (κ1) is 15.0. The van der Waals surface area contributed by atoms with Crippen molar-refractivity contribution in [1.82, 2.24) is 14.7 Å². The van der Waals surface area contributed by atoms with E-state index >= 15 is 0 Å². The molecule has 5 heteroatoms. The Morgan fingerprint density at radius 2 is 2.05 bits per heavy atom. The standard InChI is InChI=1S/C16H18FN3O/c1-12(14-4-6-15(17)7-5-14)8-16(21)19(2)10-13-9-18-20(3)11-13/h4-9,11H,10H2,1-3H3. The molecule has 1 aromatic heterocycles. The fourth-order valence-electron chi connectivity index (χ4n) is 2.00. The summed E-state index contributed by atoms with van der Waals surface area (Å²) in [6.45, 7) is 2.34. The minimum absolute atomic E-state index is 0.0966. The van der Waals surface area contributed by atoms with Gasteiger partial charge in [-0.2, -0.15) is 5.10 Å². The number of hydrogen-bond donors (Lipinski definition) is 0. The molecule has 0 saturated heterocycles. The quantitative estimate of drug-likeness (QED) is 0.811. The van der Waals surface area contributed by atoms with Gasteiger partial charge in [-0.3, -0.25) is 9.48 Å². The first-order valence-corrected chi connectivity index (χ1v) is 6.62. The van der Waals surface area contributed by atoms with Crippen LogP contribution in [-0.4, -0.2) is 27.6 Å². The molecule has 0 radical (unpaired) electrons. The number of benzene rings is 1. The molecule has 0 saturated carbocycles. The Hall–Kier alpha value is -2.43. The van der Waals surface area contributed by atoms with Crippen LogP contribution in [0.4, 0.5) is 4.39 Å². The second-order valence-corrected chi connectivity index (χ2v) is 5.05. The van der Waals surface area contributed by atoms with Gasteiger partial charge in [-0.25, -0.2) is 4.39 Å². The summed E-state index contributed by atoms with van der Waals surface area (Å²) in [5, 5.41) is 4.07. The van der Waals surface area contributed by atoms with Gasteiger partial charge in [-0.1, -0.05) is 12.1 Å². The van der Waals surface area contributed by atoms with Gasteiger partial charge in [0.1, 0.15) is 5.82 Å². The number of nitrogens with zero attached hydrogens (tertiary/aromatic N) is 3. The fraction of sp³-hybridized carbons (Fsp3) is 0.250. The van der Waals surface area contributed by atoms with E-state index in [9.17, 15) is 9.18 Å². The fourth-order valence-corrected chi connectivity index (χ4v) is 2.00. The van der Waals surface area contributed by atoms with Gasteiger partial charge in [0.05, 0.1) is 6.20 Å². The van der Waals surface area contributed by atoms with E-state index in [-0.39, 0.29) is 11.7 Å². The molecular weight excluding hydrogens is 269 g/mol. The Morgan fingerprint density at radius 3 is 2.62 bits per heavy atom. The summed E-state index contributed by atoms with van der Waals surface area (Å²) >= 11 is 0. The smallest absolute Gasteiger partial charge is 0.246 e. The van der Waals surface area contributed by atoms with Gasteiger partial charge in [-0.15, -0.1) is 0 Å². The lowest BCUT2D eigenvalue weighted by molar-refractivity contribution is -0.125. The Balaban J connectivity index is 2.05. The highest BCUT2D eigenvalue weighted by Crippen LogP contribution is 2.14. The SMILES string of the molecule is CC(=CC(=O)N(C)Cc1cnn(C)c1)c1ccc(F)cc1. The van der Waals surface area contributed by atoms with Gasteiger partial charge in [0, 0.05) is 38.5 Å². The van der Waals surface area contributed by atoms with Crippen molar-refractivity contribution in [2.75, 3.05) is 7.05 Å². The van der Waals surface area contributed by atoms with Crippen molar-refractivity contribution >= 4 is 11.5 Å². The lowest BCUT2D eigenvalue weighted by Gasteiger charge is -2.14. The Bertz CT molecular complexity index is 658. The van der Waals surface area contributed by atoms with Crippen molar-refractivity contribution in [2.45, 2.75) is 13.5 Å². The van der Waals surface area contributed by atoms with E-state index in [1.807, 2.05) is 20.2 Å². The average Bonchev–Trinajstić information content (AvgIpc) is 2.84. The third kappa shape index (κ3) is 4.02. The van der Waals surface area contributed by atoms with Crippen LogP contribution in [0.25, 0.3) is 5.57 Å². The van der Waals surface area contributed by atoms with Gasteiger partial charge in [0.25, 0.3) is 0 Å². The largest absolute Gasteiger partial charge is 0.338 e. The van der Waals surface area contributed by atoms with Crippen molar-refractivity contribution in [3.05, 3.63) is 59.7 Å². The number of halogens is 1. The number of aromatic nitrogens is 2. The second kappa shape index (κ2) is 6.35. The topological polar surface area (TPSA) is 38.1 Å². The van der Waals surface area contributed by atoms with Crippen LogP contribution in [-0.2, 0) is 18.4 Å². The third-order valence-corrected chi connectivity index (χ3v) is 3.19. The zero-order valence-corrected chi connectivity index (χ0v) is 12.4. The van der Waals surface area contributed by atoms with Crippen LogP contribution < -0.4 is 0 Å². The Morgan fingerprint density at radius 1 is 1.38 bits per heavy atom. The van der Waals surface area contributed by atoms with Crippen LogP contribution in [0.1, 0.15) is 18.1 Å². The van der Waals surface area contributed by atoms with Crippen LogP contribution in [0.2, 0.25) is 0 Å². The van der Waals surface area contributed by atoms with Crippen molar-refractivity contribution in [2.24, 2.45) is 7.05 Å². The zero-order valence-electron chi connectivity index (χ0n) is 12.4. The van der Waals surface area contributed by atoms with E-state index < -0.39 is 0 Å². The molecule has 4 nitrogen and oxygen atoms in total. The predicted molar refractivity (Wildman–Crippen MR) is 79.7 cm³/mol. The maximum absolute atomic E-state index is 12.9. The molecule has 2 rings (SSSR count). The second-order valence-electron chi connectivity index (χ2n) is 5.05. The normalized spacial score (nSPS) is 11.5. The summed E-state index contributed by atoms with van der Waals surface area (Å²) in [5.41, 5.74) is 2.61. The van der Waals surface area contributed by atoms with Gasteiger partial charge in [-0.05, 0) is 30.2 Å². The number of carbonyl (C=O) groups excluding carboxylic acids is 1. The highest BCUT2D eigenvalue weighted by molar-refractivity contribution is 5.94. The maximum Gasteiger partial charge on any atom is 0.246 e. The molecule has 0 fully saturated rings. The Labute approximate surface area is 123 Å². The van der Waals surface area contributed by atoms with E-state index in [0.717, 1.165) is 16.7 Å². The molecule has 0 unspecified atom stereocenters. The molecule has 0 aliphatic carbocycles. The number of likely N-dealkylation sites (N-methyl/N-ethyl adjacent to an activating group) is 1. The van der Waals surface area contributed by atoms with Crippen molar-refractivity contribution in [3.8, 4) is 0 Å². The van der Waals surface area contributed by atoms with Crippen molar-refractivity contribution < 1.29 is 9.18 Å². The molecule has 0 aliphatic heterocycles. The molecule has 110 valence electrons. The summed E-state index contributed by atoms with van der Waals surface area (Å²) < 4.78 is 14.6. The molecule has 0 N–H and O–H groups in total. The van der Waals surface area contributed by atoms with Crippen LogP contribution in [0.5, 0.6) is 0 Å². The first-order chi connectivity index (χ1) is 9.95.